The van der Waals surface area contributed by atoms with Gasteiger partial charge in [0.15, 0.2) is 0 Å². The van der Waals surface area contributed by atoms with Crippen LogP contribution in [0, 0.1) is 0 Å². The zero-order valence-electron chi connectivity index (χ0n) is 9.24. The van der Waals surface area contributed by atoms with Crippen molar-refractivity contribution < 1.29 is 5.11 Å². The van der Waals surface area contributed by atoms with E-state index in [1.54, 1.807) is 6.92 Å². The summed E-state index contributed by atoms with van der Waals surface area (Å²) in [4.78, 5) is 2.17. The van der Waals surface area contributed by atoms with Gasteiger partial charge in [0.2, 0.25) is 0 Å². The lowest BCUT2D eigenvalue weighted by Crippen LogP contribution is -2.48. The average Bonchev–Trinajstić information content (AvgIpc) is 2.13. The summed E-state index contributed by atoms with van der Waals surface area (Å²) in [6.07, 6.45) is 4.33. The van der Waals surface area contributed by atoms with E-state index in [1.807, 2.05) is 12.2 Å². The van der Waals surface area contributed by atoms with E-state index in [0.717, 1.165) is 19.5 Å². The minimum Gasteiger partial charge on any atom is -0.379 e. The van der Waals surface area contributed by atoms with Crippen LogP contribution in [0.1, 0.15) is 20.3 Å². The van der Waals surface area contributed by atoms with Crippen molar-refractivity contribution in [2.75, 3.05) is 13.1 Å². The van der Waals surface area contributed by atoms with Crippen LogP contribution < -0.4 is 5.32 Å². The first-order valence-electron chi connectivity index (χ1n) is 5.05. The van der Waals surface area contributed by atoms with Gasteiger partial charge in [0.1, 0.15) is 6.23 Å². The highest BCUT2D eigenvalue weighted by molar-refractivity contribution is 4.83. The Balaban J connectivity index is 4.23. The summed E-state index contributed by atoms with van der Waals surface area (Å²) in [6, 6.07) is 0. The van der Waals surface area contributed by atoms with E-state index >= 15 is 0 Å². The Morgan fingerprint density at radius 1 is 1.36 bits per heavy atom. The first-order chi connectivity index (χ1) is 6.65. The highest BCUT2D eigenvalue weighted by Crippen LogP contribution is 2.02. The zero-order chi connectivity index (χ0) is 11.0. The van der Waals surface area contributed by atoms with Gasteiger partial charge in [0.25, 0.3) is 0 Å². The van der Waals surface area contributed by atoms with Crippen LogP contribution in [0.2, 0.25) is 0 Å². The predicted octanol–water partition coefficient (Wildman–Crippen LogP) is 1.32. The van der Waals surface area contributed by atoms with Gasteiger partial charge in [0.05, 0.1) is 6.17 Å². The third kappa shape index (κ3) is 5.17. The van der Waals surface area contributed by atoms with Gasteiger partial charge in [0, 0.05) is 13.1 Å². The second-order valence-corrected chi connectivity index (χ2v) is 3.30. The Morgan fingerprint density at radius 3 is 2.14 bits per heavy atom. The molecule has 0 fully saturated rings. The molecule has 0 heterocycles. The number of nitrogens with zero attached hydrogens (tertiary/aromatic N) is 1. The lowest BCUT2D eigenvalue weighted by molar-refractivity contribution is 0.0853. The van der Waals surface area contributed by atoms with E-state index in [1.165, 1.54) is 0 Å². The Labute approximate surface area is 87.1 Å². The molecule has 0 saturated carbocycles. The number of nitrogens with one attached hydrogen (secondary N) is 1. The topological polar surface area (TPSA) is 35.5 Å². The van der Waals surface area contributed by atoms with Gasteiger partial charge < -0.3 is 5.11 Å². The molecule has 82 valence electrons. The summed E-state index contributed by atoms with van der Waals surface area (Å²) in [5.41, 5.74) is 0. The maximum Gasteiger partial charge on any atom is 0.103 e. The number of aliphatic hydroxyl groups excluding tert-OH is 1. The first kappa shape index (κ1) is 13.4. The summed E-state index contributed by atoms with van der Waals surface area (Å²) < 4.78 is 0. The smallest absolute Gasteiger partial charge is 0.103 e. The molecule has 0 aromatic heterocycles. The Hall–Kier alpha value is -0.640. The fraction of sp³-hybridized carbons (Fsp3) is 0.636. The number of hydrogen-bond donors (Lipinski definition) is 2. The SMILES string of the molecule is C=CCN(CC=C)C(CC)NC(C)O. The highest BCUT2D eigenvalue weighted by atomic mass is 16.3. The van der Waals surface area contributed by atoms with Crippen LogP contribution in [-0.4, -0.2) is 35.5 Å². The third-order valence-corrected chi connectivity index (χ3v) is 1.99. The van der Waals surface area contributed by atoms with E-state index in [2.05, 4.69) is 30.3 Å². The summed E-state index contributed by atoms with van der Waals surface area (Å²) in [5, 5.41) is 12.3. The molecule has 0 aromatic carbocycles. The van der Waals surface area contributed by atoms with Crippen LogP contribution in [0.5, 0.6) is 0 Å². The van der Waals surface area contributed by atoms with Crippen LogP contribution in [0.3, 0.4) is 0 Å². The molecule has 0 aliphatic rings. The highest BCUT2D eigenvalue weighted by Gasteiger charge is 2.14. The maximum atomic E-state index is 9.25. The molecule has 0 aliphatic carbocycles. The number of rotatable bonds is 8. The van der Waals surface area contributed by atoms with Crippen molar-refractivity contribution in [2.45, 2.75) is 32.7 Å². The molecule has 0 rings (SSSR count). The number of hydrogen-bond acceptors (Lipinski definition) is 3. The minimum absolute atomic E-state index is 0.172. The van der Waals surface area contributed by atoms with Crippen LogP contribution in [0.4, 0.5) is 0 Å². The third-order valence-electron chi connectivity index (χ3n) is 1.99. The second-order valence-electron chi connectivity index (χ2n) is 3.30. The van der Waals surface area contributed by atoms with Gasteiger partial charge in [-0.25, -0.2) is 0 Å². The molecule has 2 atom stereocenters. The molecule has 0 amide bonds. The van der Waals surface area contributed by atoms with Crippen molar-refractivity contribution in [3.05, 3.63) is 25.3 Å². The van der Waals surface area contributed by atoms with Crippen molar-refractivity contribution in [2.24, 2.45) is 0 Å². The molecule has 3 nitrogen and oxygen atoms in total. The summed E-state index contributed by atoms with van der Waals surface area (Å²) in [7, 11) is 0. The lowest BCUT2D eigenvalue weighted by Gasteiger charge is -2.30. The van der Waals surface area contributed by atoms with Crippen LogP contribution in [0.25, 0.3) is 0 Å². The fourth-order valence-corrected chi connectivity index (χ4v) is 1.42. The minimum atomic E-state index is -0.489. The molecule has 0 saturated heterocycles. The van der Waals surface area contributed by atoms with Gasteiger partial charge >= 0.3 is 0 Å². The predicted molar refractivity (Wildman–Crippen MR) is 60.9 cm³/mol. The zero-order valence-corrected chi connectivity index (χ0v) is 9.24. The molecule has 14 heavy (non-hydrogen) atoms. The average molecular weight is 198 g/mol. The Morgan fingerprint density at radius 2 is 1.86 bits per heavy atom. The van der Waals surface area contributed by atoms with Crippen molar-refractivity contribution in [3.8, 4) is 0 Å². The molecule has 0 radical (unpaired) electrons. The van der Waals surface area contributed by atoms with Crippen molar-refractivity contribution in [3.63, 3.8) is 0 Å². The van der Waals surface area contributed by atoms with E-state index in [9.17, 15) is 5.11 Å². The molecular weight excluding hydrogens is 176 g/mol. The standard InChI is InChI=1S/C11H22N2O/c1-5-8-13(9-6-2)11(7-3)12-10(4)14/h5-6,10-12,14H,1-2,7-9H2,3-4H3. The van der Waals surface area contributed by atoms with Gasteiger partial charge in [-0.1, -0.05) is 19.1 Å². The second kappa shape index (κ2) is 7.74. The van der Waals surface area contributed by atoms with E-state index in [0.29, 0.717) is 0 Å². The van der Waals surface area contributed by atoms with Gasteiger partial charge in [-0.2, -0.15) is 0 Å². The van der Waals surface area contributed by atoms with Crippen molar-refractivity contribution in [1.82, 2.24) is 10.2 Å². The Bertz CT molecular complexity index is 159. The summed E-state index contributed by atoms with van der Waals surface area (Å²) >= 11 is 0. The van der Waals surface area contributed by atoms with Gasteiger partial charge in [-0.15, -0.1) is 13.2 Å². The molecule has 2 unspecified atom stereocenters. The molecule has 0 aromatic rings. The quantitative estimate of drug-likeness (QED) is 0.456. The normalized spacial score (nSPS) is 15.1. The molecule has 2 N–H and O–H groups in total. The van der Waals surface area contributed by atoms with Gasteiger partial charge in [-0.3, -0.25) is 10.2 Å². The van der Waals surface area contributed by atoms with Crippen molar-refractivity contribution in [1.29, 1.82) is 0 Å². The fourth-order valence-electron chi connectivity index (χ4n) is 1.42. The monoisotopic (exact) mass is 198 g/mol. The first-order valence-corrected chi connectivity index (χ1v) is 5.05. The van der Waals surface area contributed by atoms with Gasteiger partial charge in [-0.05, 0) is 13.3 Å². The Kier molecular flexibility index (Phi) is 7.38. The van der Waals surface area contributed by atoms with E-state index < -0.39 is 6.23 Å². The van der Waals surface area contributed by atoms with E-state index in [4.69, 9.17) is 0 Å². The van der Waals surface area contributed by atoms with Crippen LogP contribution in [-0.2, 0) is 0 Å². The van der Waals surface area contributed by atoms with Crippen molar-refractivity contribution >= 4 is 0 Å². The molecule has 0 spiro atoms. The largest absolute Gasteiger partial charge is 0.379 e. The summed E-state index contributed by atoms with van der Waals surface area (Å²) in [5.74, 6) is 0. The van der Waals surface area contributed by atoms with Crippen LogP contribution in [0.15, 0.2) is 25.3 Å². The summed E-state index contributed by atoms with van der Waals surface area (Å²) in [6.45, 7) is 12.8. The van der Waals surface area contributed by atoms with Crippen LogP contribution >= 0.6 is 0 Å². The van der Waals surface area contributed by atoms with E-state index in [-0.39, 0.29) is 6.17 Å². The maximum absolute atomic E-state index is 9.25. The lowest BCUT2D eigenvalue weighted by atomic mass is 10.3. The molecule has 0 aliphatic heterocycles. The molecule has 0 bridgehead atoms. The molecule has 3 heteroatoms. The molecular formula is C11H22N2O. The number of aliphatic hydroxyl groups is 1.